The average molecular weight is 172 g/mol. The van der Waals surface area contributed by atoms with Crippen molar-refractivity contribution in [2.24, 2.45) is 22.8 Å². The van der Waals surface area contributed by atoms with Gasteiger partial charge in [0.05, 0.1) is 0 Å². The van der Waals surface area contributed by atoms with Gasteiger partial charge in [0.25, 0.3) is 0 Å². The molecule has 1 saturated heterocycles. The molecule has 3 unspecified atom stereocenters. The Hall–Kier alpha value is -0.120. The lowest BCUT2D eigenvalue weighted by Gasteiger charge is -2.51. The summed E-state index contributed by atoms with van der Waals surface area (Å²) in [6.07, 6.45) is 0.683. The number of rotatable bonds is 0. The van der Waals surface area contributed by atoms with Crippen LogP contribution in [0.1, 0.15) is 34.1 Å². The molecular weight excluding hydrogens is 152 g/mol. The molecule has 0 aromatic rings. The van der Waals surface area contributed by atoms with E-state index < -0.39 is 5.72 Å². The smallest absolute Gasteiger partial charge is 0.121 e. The maximum absolute atomic E-state index is 6.03. The van der Waals surface area contributed by atoms with Gasteiger partial charge in [-0.05, 0) is 19.3 Å². The molecule has 0 amide bonds. The lowest BCUT2D eigenvalue weighted by Crippen LogP contribution is -2.62. The Bertz CT molecular complexity index is 177. The predicted molar refractivity (Wildman–Crippen MR) is 49.2 cm³/mol. The SMILES string of the molecule is CC1CC(N)OC(C)(N)C1(C)C. The fourth-order valence-corrected chi connectivity index (χ4v) is 1.65. The van der Waals surface area contributed by atoms with Crippen molar-refractivity contribution in [2.75, 3.05) is 0 Å². The third kappa shape index (κ3) is 1.37. The zero-order chi connectivity index (χ0) is 9.57. The lowest BCUT2D eigenvalue weighted by atomic mass is 9.69. The molecule has 1 aliphatic heterocycles. The molecule has 72 valence electrons. The molecule has 0 saturated carbocycles. The highest BCUT2D eigenvalue weighted by molar-refractivity contribution is 4.94. The second kappa shape index (κ2) is 2.69. The number of nitrogens with two attached hydrogens (primary N) is 2. The van der Waals surface area contributed by atoms with Crippen LogP contribution in [0, 0.1) is 11.3 Å². The van der Waals surface area contributed by atoms with Crippen LogP contribution in [0.4, 0.5) is 0 Å². The molecule has 3 nitrogen and oxygen atoms in total. The molecule has 3 heteroatoms. The number of ether oxygens (including phenoxy) is 1. The van der Waals surface area contributed by atoms with E-state index in [9.17, 15) is 0 Å². The second-order valence-corrected chi connectivity index (χ2v) is 4.62. The largest absolute Gasteiger partial charge is 0.343 e. The van der Waals surface area contributed by atoms with Crippen LogP contribution in [-0.2, 0) is 4.74 Å². The molecule has 0 aromatic heterocycles. The number of hydrogen-bond donors (Lipinski definition) is 2. The van der Waals surface area contributed by atoms with Gasteiger partial charge in [-0.3, -0.25) is 0 Å². The summed E-state index contributed by atoms with van der Waals surface area (Å²) in [5.41, 5.74) is 11.1. The summed E-state index contributed by atoms with van der Waals surface area (Å²) in [6, 6.07) is 0. The molecule has 0 radical (unpaired) electrons. The Balaban J connectivity index is 2.86. The first-order chi connectivity index (χ1) is 5.27. The van der Waals surface area contributed by atoms with Crippen LogP contribution in [0.15, 0.2) is 0 Å². The summed E-state index contributed by atoms with van der Waals surface area (Å²) in [4.78, 5) is 0. The molecule has 0 aliphatic carbocycles. The van der Waals surface area contributed by atoms with Crippen molar-refractivity contribution in [3.63, 3.8) is 0 Å². The minimum atomic E-state index is -0.607. The van der Waals surface area contributed by atoms with E-state index in [2.05, 4.69) is 20.8 Å². The van der Waals surface area contributed by atoms with Crippen molar-refractivity contribution in [1.29, 1.82) is 0 Å². The van der Waals surface area contributed by atoms with E-state index in [4.69, 9.17) is 16.2 Å². The summed E-state index contributed by atoms with van der Waals surface area (Å²) in [6.45, 7) is 8.34. The first-order valence-electron chi connectivity index (χ1n) is 4.49. The van der Waals surface area contributed by atoms with Gasteiger partial charge in [0.1, 0.15) is 12.0 Å². The Morgan fingerprint density at radius 2 is 1.83 bits per heavy atom. The third-order valence-corrected chi connectivity index (χ3v) is 3.49. The molecule has 3 atom stereocenters. The average Bonchev–Trinajstić information content (AvgIpc) is 1.82. The van der Waals surface area contributed by atoms with Gasteiger partial charge in [-0.15, -0.1) is 0 Å². The van der Waals surface area contributed by atoms with Gasteiger partial charge >= 0.3 is 0 Å². The normalized spacial score (nSPS) is 47.5. The van der Waals surface area contributed by atoms with E-state index in [0.717, 1.165) is 6.42 Å². The summed E-state index contributed by atoms with van der Waals surface area (Å²) in [7, 11) is 0. The molecule has 1 heterocycles. The van der Waals surface area contributed by atoms with Crippen molar-refractivity contribution in [3.8, 4) is 0 Å². The molecule has 1 rings (SSSR count). The van der Waals surface area contributed by atoms with Crippen LogP contribution < -0.4 is 11.5 Å². The Morgan fingerprint density at radius 1 is 1.33 bits per heavy atom. The van der Waals surface area contributed by atoms with Crippen molar-refractivity contribution < 1.29 is 4.74 Å². The number of hydrogen-bond acceptors (Lipinski definition) is 3. The molecule has 4 N–H and O–H groups in total. The van der Waals surface area contributed by atoms with Crippen LogP contribution in [0.2, 0.25) is 0 Å². The lowest BCUT2D eigenvalue weighted by molar-refractivity contribution is -0.203. The quantitative estimate of drug-likeness (QED) is 0.573. The molecule has 0 spiro atoms. The van der Waals surface area contributed by atoms with E-state index in [1.165, 1.54) is 0 Å². The van der Waals surface area contributed by atoms with Crippen molar-refractivity contribution >= 4 is 0 Å². The van der Waals surface area contributed by atoms with Crippen molar-refractivity contribution in [3.05, 3.63) is 0 Å². The van der Waals surface area contributed by atoms with Crippen molar-refractivity contribution in [2.45, 2.75) is 46.1 Å². The van der Waals surface area contributed by atoms with Gasteiger partial charge in [-0.25, -0.2) is 0 Å². The fourth-order valence-electron chi connectivity index (χ4n) is 1.65. The highest BCUT2D eigenvalue weighted by Gasteiger charge is 2.47. The third-order valence-electron chi connectivity index (χ3n) is 3.49. The Kier molecular flexibility index (Phi) is 2.23. The highest BCUT2D eigenvalue weighted by atomic mass is 16.5. The summed E-state index contributed by atoms with van der Waals surface area (Å²) < 4.78 is 5.51. The molecule has 1 fully saturated rings. The second-order valence-electron chi connectivity index (χ2n) is 4.62. The van der Waals surface area contributed by atoms with E-state index in [-0.39, 0.29) is 11.6 Å². The van der Waals surface area contributed by atoms with E-state index in [1.54, 1.807) is 0 Å². The maximum Gasteiger partial charge on any atom is 0.121 e. The van der Waals surface area contributed by atoms with Gasteiger partial charge in [0.15, 0.2) is 0 Å². The van der Waals surface area contributed by atoms with Gasteiger partial charge in [0, 0.05) is 5.41 Å². The minimum absolute atomic E-state index is 0.0110. The minimum Gasteiger partial charge on any atom is -0.343 e. The fraction of sp³-hybridized carbons (Fsp3) is 1.00. The van der Waals surface area contributed by atoms with Crippen LogP contribution in [-0.4, -0.2) is 12.0 Å². The van der Waals surface area contributed by atoms with Crippen LogP contribution in [0.3, 0.4) is 0 Å². The maximum atomic E-state index is 6.03. The highest BCUT2D eigenvalue weighted by Crippen LogP contribution is 2.43. The van der Waals surface area contributed by atoms with Gasteiger partial charge < -0.3 is 16.2 Å². The predicted octanol–water partition coefficient (Wildman–Crippen LogP) is 1.03. The first kappa shape index (κ1) is 9.96. The summed E-state index contributed by atoms with van der Waals surface area (Å²) in [5, 5.41) is 0. The van der Waals surface area contributed by atoms with Crippen LogP contribution >= 0.6 is 0 Å². The van der Waals surface area contributed by atoms with Crippen molar-refractivity contribution in [1.82, 2.24) is 0 Å². The van der Waals surface area contributed by atoms with E-state index in [0.29, 0.717) is 5.92 Å². The van der Waals surface area contributed by atoms with E-state index in [1.807, 2.05) is 6.92 Å². The van der Waals surface area contributed by atoms with Gasteiger partial charge in [-0.1, -0.05) is 20.8 Å². The van der Waals surface area contributed by atoms with E-state index >= 15 is 0 Å². The molecule has 0 aromatic carbocycles. The molecular formula is C9H20N2O. The molecule has 1 aliphatic rings. The van der Waals surface area contributed by atoms with Crippen LogP contribution in [0.5, 0.6) is 0 Å². The summed E-state index contributed by atoms with van der Waals surface area (Å²) in [5.74, 6) is 0.497. The molecule has 0 bridgehead atoms. The van der Waals surface area contributed by atoms with Gasteiger partial charge in [0.2, 0.25) is 0 Å². The topological polar surface area (TPSA) is 61.3 Å². The summed E-state index contributed by atoms with van der Waals surface area (Å²) >= 11 is 0. The molecule has 12 heavy (non-hydrogen) atoms. The first-order valence-corrected chi connectivity index (χ1v) is 4.49. The monoisotopic (exact) mass is 172 g/mol. The Labute approximate surface area is 74.4 Å². The zero-order valence-corrected chi connectivity index (χ0v) is 8.42. The van der Waals surface area contributed by atoms with Gasteiger partial charge in [-0.2, -0.15) is 0 Å². The van der Waals surface area contributed by atoms with Crippen LogP contribution in [0.25, 0.3) is 0 Å². The Morgan fingerprint density at radius 3 is 2.25 bits per heavy atom. The standard InChI is InChI=1S/C9H20N2O/c1-6-5-7(10)12-9(4,11)8(6,2)3/h6-7H,5,10-11H2,1-4H3. The zero-order valence-electron chi connectivity index (χ0n) is 8.42.